The predicted octanol–water partition coefficient (Wildman–Crippen LogP) is 1.71. The van der Waals surface area contributed by atoms with Crippen molar-refractivity contribution in [1.29, 1.82) is 0 Å². The number of hydrogen-bond donors (Lipinski definition) is 0. The Labute approximate surface area is 79.4 Å². The van der Waals surface area contributed by atoms with E-state index in [1.807, 2.05) is 24.3 Å². The molecule has 0 heterocycles. The molecule has 0 aliphatic carbocycles. The van der Waals surface area contributed by atoms with E-state index >= 15 is 0 Å². The van der Waals surface area contributed by atoms with E-state index in [0.717, 1.165) is 28.4 Å². The molecule has 1 aromatic carbocycles. The van der Waals surface area contributed by atoms with E-state index in [-0.39, 0.29) is 0 Å². The average Bonchev–Trinajstić information content (AvgIpc) is 2.02. The maximum absolute atomic E-state index is 10.7. The quantitative estimate of drug-likeness (QED) is 0.508. The Morgan fingerprint density at radius 3 is 2.38 bits per heavy atom. The predicted molar refractivity (Wildman–Crippen MR) is 53.6 cm³/mol. The van der Waals surface area contributed by atoms with Crippen LogP contribution in [0.15, 0.2) is 24.3 Å². The molecule has 0 saturated heterocycles. The molecule has 1 rings (SSSR count). The van der Waals surface area contributed by atoms with Gasteiger partial charge in [-0.1, -0.05) is 24.3 Å². The molecule has 70 valence electrons. The van der Waals surface area contributed by atoms with E-state index in [4.69, 9.17) is 0 Å². The SMILES string of the molecule is C[N+](C)(C)Cc1ccccc1C=O. The molecular formula is C11H16NO+. The smallest absolute Gasteiger partial charge is 0.150 e. The summed E-state index contributed by atoms with van der Waals surface area (Å²) in [5.41, 5.74) is 1.92. The monoisotopic (exact) mass is 178 g/mol. The van der Waals surface area contributed by atoms with Crippen molar-refractivity contribution < 1.29 is 9.28 Å². The van der Waals surface area contributed by atoms with E-state index in [9.17, 15) is 4.79 Å². The van der Waals surface area contributed by atoms with Crippen molar-refractivity contribution in [3.63, 3.8) is 0 Å². The van der Waals surface area contributed by atoms with Crippen LogP contribution >= 0.6 is 0 Å². The minimum Gasteiger partial charge on any atom is -0.327 e. The van der Waals surface area contributed by atoms with Crippen molar-refractivity contribution in [3.8, 4) is 0 Å². The van der Waals surface area contributed by atoms with Crippen LogP contribution < -0.4 is 0 Å². The lowest BCUT2D eigenvalue weighted by atomic mass is 10.1. The summed E-state index contributed by atoms with van der Waals surface area (Å²) in [4.78, 5) is 10.7. The number of quaternary nitrogens is 1. The van der Waals surface area contributed by atoms with Gasteiger partial charge in [0.2, 0.25) is 0 Å². The number of nitrogens with zero attached hydrogens (tertiary/aromatic N) is 1. The summed E-state index contributed by atoms with van der Waals surface area (Å²) in [6.07, 6.45) is 0.922. The van der Waals surface area contributed by atoms with Crippen LogP contribution in [0.2, 0.25) is 0 Å². The third-order valence-corrected chi connectivity index (χ3v) is 1.83. The van der Waals surface area contributed by atoms with Crippen molar-refractivity contribution in [1.82, 2.24) is 0 Å². The van der Waals surface area contributed by atoms with Gasteiger partial charge in [0, 0.05) is 11.1 Å². The normalized spacial score (nSPS) is 11.3. The molecule has 1 aromatic rings. The van der Waals surface area contributed by atoms with Crippen molar-refractivity contribution in [3.05, 3.63) is 35.4 Å². The first-order chi connectivity index (χ1) is 6.03. The van der Waals surface area contributed by atoms with Crippen molar-refractivity contribution in [2.75, 3.05) is 21.1 Å². The Bertz CT molecular complexity index is 299. The van der Waals surface area contributed by atoms with Crippen LogP contribution in [0.1, 0.15) is 15.9 Å². The first-order valence-corrected chi connectivity index (χ1v) is 4.36. The average molecular weight is 178 g/mol. The van der Waals surface area contributed by atoms with Gasteiger partial charge in [0.15, 0.2) is 6.29 Å². The maximum Gasteiger partial charge on any atom is 0.150 e. The van der Waals surface area contributed by atoms with Crippen molar-refractivity contribution in [2.45, 2.75) is 6.54 Å². The molecule has 0 atom stereocenters. The Kier molecular flexibility index (Phi) is 2.83. The van der Waals surface area contributed by atoms with Crippen LogP contribution in [-0.4, -0.2) is 31.9 Å². The third kappa shape index (κ3) is 2.99. The highest BCUT2D eigenvalue weighted by Gasteiger charge is 2.10. The summed E-state index contributed by atoms with van der Waals surface area (Å²) in [6, 6.07) is 7.73. The van der Waals surface area contributed by atoms with Gasteiger partial charge < -0.3 is 4.48 Å². The van der Waals surface area contributed by atoms with Gasteiger partial charge in [-0.2, -0.15) is 0 Å². The molecule has 0 aliphatic rings. The molecule has 0 spiro atoms. The molecule has 0 aliphatic heterocycles. The van der Waals surface area contributed by atoms with Crippen LogP contribution in [0.3, 0.4) is 0 Å². The Morgan fingerprint density at radius 2 is 1.85 bits per heavy atom. The van der Waals surface area contributed by atoms with Gasteiger partial charge in [-0.3, -0.25) is 4.79 Å². The second-order valence-corrected chi connectivity index (χ2v) is 4.27. The number of hydrogen-bond acceptors (Lipinski definition) is 1. The minimum atomic E-state index is 0.801. The second-order valence-electron chi connectivity index (χ2n) is 4.27. The van der Waals surface area contributed by atoms with Crippen LogP contribution in [0.4, 0.5) is 0 Å². The van der Waals surface area contributed by atoms with Crippen LogP contribution in [-0.2, 0) is 6.54 Å². The first kappa shape index (κ1) is 9.93. The van der Waals surface area contributed by atoms with Gasteiger partial charge >= 0.3 is 0 Å². The molecule has 0 bridgehead atoms. The molecule has 0 amide bonds. The third-order valence-electron chi connectivity index (χ3n) is 1.83. The van der Waals surface area contributed by atoms with Gasteiger partial charge in [-0.05, 0) is 0 Å². The number of carbonyl (C=O) groups excluding carboxylic acids is 1. The van der Waals surface area contributed by atoms with Gasteiger partial charge in [0.1, 0.15) is 6.54 Å². The summed E-state index contributed by atoms with van der Waals surface area (Å²) in [6.45, 7) is 0.884. The zero-order valence-electron chi connectivity index (χ0n) is 8.45. The van der Waals surface area contributed by atoms with E-state index < -0.39 is 0 Å². The molecule has 0 aromatic heterocycles. The molecule has 0 N–H and O–H groups in total. The molecule has 2 nitrogen and oxygen atoms in total. The van der Waals surface area contributed by atoms with E-state index in [1.54, 1.807) is 0 Å². The van der Waals surface area contributed by atoms with Crippen LogP contribution in [0, 0.1) is 0 Å². The molecule has 0 fully saturated rings. The Morgan fingerprint density at radius 1 is 1.23 bits per heavy atom. The van der Waals surface area contributed by atoms with Crippen LogP contribution in [0.25, 0.3) is 0 Å². The summed E-state index contributed by atoms with van der Waals surface area (Å²) < 4.78 is 0.838. The van der Waals surface area contributed by atoms with Gasteiger partial charge in [-0.15, -0.1) is 0 Å². The molecule has 0 radical (unpaired) electrons. The molecule has 2 heteroatoms. The number of rotatable bonds is 3. The van der Waals surface area contributed by atoms with E-state index in [1.165, 1.54) is 0 Å². The topological polar surface area (TPSA) is 17.1 Å². The van der Waals surface area contributed by atoms with Gasteiger partial charge in [0.25, 0.3) is 0 Å². The molecule has 0 saturated carbocycles. The zero-order chi connectivity index (χ0) is 9.90. The molecule has 0 unspecified atom stereocenters. The zero-order valence-corrected chi connectivity index (χ0v) is 8.45. The maximum atomic E-state index is 10.7. The largest absolute Gasteiger partial charge is 0.327 e. The van der Waals surface area contributed by atoms with E-state index in [0.29, 0.717) is 0 Å². The summed E-state index contributed by atoms with van der Waals surface area (Å²) in [7, 11) is 6.34. The second kappa shape index (κ2) is 3.71. The van der Waals surface area contributed by atoms with Gasteiger partial charge in [-0.25, -0.2) is 0 Å². The number of benzene rings is 1. The number of aldehydes is 1. The highest BCUT2D eigenvalue weighted by atomic mass is 16.1. The Balaban J connectivity index is 2.94. The molecular weight excluding hydrogens is 162 g/mol. The lowest BCUT2D eigenvalue weighted by Crippen LogP contribution is -2.33. The Hall–Kier alpha value is -1.15. The van der Waals surface area contributed by atoms with E-state index in [2.05, 4.69) is 21.1 Å². The van der Waals surface area contributed by atoms with Gasteiger partial charge in [0.05, 0.1) is 21.1 Å². The fourth-order valence-corrected chi connectivity index (χ4v) is 1.30. The minimum absolute atomic E-state index is 0.801. The van der Waals surface area contributed by atoms with Crippen LogP contribution in [0.5, 0.6) is 0 Å². The standard InChI is InChI=1S/C11H16NO/c1-12(2,3)8-10-6-4-5-7-11(10)9-13/h4-7,9H,8H2,1-3H3/q+1. The summed E-state index contributed by atoms with van der Waals surface area (Å²) >= 11 is 0. The highest BCUT2D eigenvalue weighted by Crippen LogP contribution is 2.10. The fourth-order valence-electron chi connectivity index (χ4n) is 1.30. The number of carbonyl (C=O) groups is 1. The summed E-state index contributed by atoms with van der Waals surface area (Å²) in [5, 5.41) is 0. The molecule has 13 heavy (non-hydrogen) atoms. The van der Waals surface area contributed by atoms with Crippen molar-refractivity contribution in [2.24, 2.45) is 0 Å². The lowest BCUT2D eigenvalue weighted by Gasteiger charge is -2.24. The highest BCUT2D eigenvalue weighted by molar-refractivity contribution is 5.76. The first-order valence-electron chi connectivity index (χ1n) is 4.36. The fraction of sp³-hybridized carbons (Fsp3) is 0.364. The lowest BCUT2D eigenvalue weighted by molar-refractivity contribution is -0.884. The van der Waals surface area contributed by atoms with Crippen molar-refractivity contribution >= 4 is 6.29 Å². The summed E-state index contributed by atoms with van der Waals surface area (Å²) in [5.74, 6) is 0.